The van der Waals surface area contributed by atoms with E-state index in [0.29, 0.717) is 10.4 Å². The van der Waals surface area contributed by atoms with E-state index in [2.05, 4.69) is 32.4 Å². The van der Waals surface area contributed by atoms with Crippen molar-refractivity contribution in [1.29, 1.82) is 0 Å². The number of thioether (sulfide) groups is 1. The van der Waals surface area contributed by atoms with Gasteiger partial charge in [0.15, 0.2) is 0 Å². The minimum Gasteiger partial charge on any atom is -0.468 e. The molecule has 0 spiro atoms. The van der Waals surface area contributed by atoms with E-state index in [0.717, 1.165) is 12.8 Å². The van der Waals surface area contributed by atoms with E-state index < -0.39 is 0 Å². The second kappa shape index (κ2) is 7.28. The summed E-state index contributed by atoms with van der Waals surface area (Å²) < 4.78 is 6.12. The number of aromatic nitrogens is 4. The van der Waals surface area contributed by atoms with Gasteiger partial charge < -0.3 is 4.74 Å². The predicted octanol–water partition coefficient (Wildman–Crippen LogP) is 1.83. The number of hydrogen-bond acceptors (Lipinski definition) is 6. The third kappa shape index (κ3) is 4.34. The maximum Gasteiger partial charge on any atom is 0.327 e. The van der Waals surface area contributed by atoms with Gasteiger partial charge in [0, 0.05) is 5.25 Å². The van der Waals surface area contributed by atoms with Gasteiger partial charge in [-0.05, 0) is 29.7 Å². The van der Waals surface area contributed by atoms with Gasteiger partial charge >= 0.3 is 5.97 Å². The van der Waals surface area contributed by atoms with Crippen molar-refractivity contribution in [3.63, 3.8) is 0 Å². The van der Waals surface area contributed by atoms with Crippen molar-refractivity contribution >= 4 is 17.7 Å². The molecule has 1 atom stereocenters. The van der Waals surface area contributed by atoms with Gasteiger partial charge in [-0.15, -0.1) is 5.10 Å². The molecule has 1 unspecified atom stereocenters. The largest absolute Gasteiger partial charge is 0.468 e. The Morgan fingerprint density at radius 3 is 3.26 bits per heavy atom. The van der Waals surface area contributed by atoms with Gasteiger partial charge in [-0.3, -0.25) is 4.79 Å². The number of carbonyl (C=O) groups excluding carboxylic acids is 1. The van der Waals surface area contributed by atoms with Crippen LogP contribution in [-0.2, 0) is 16.1 Å². The van der Waals surface area contributed by atoms with Crippen LogP contribution >= 0.6 is 11.8 Å². The highest BCUT2D eigenvalue weighted by molar-refractivity contribution is 7.99. The van der Waals surface area contributed by atoms with E-state index in [1.54, 1.807) is 11.8 Å². The number of hydrogen-bond donors (Lipinski definition) is 0. The van der Waals surface area contributed by atoms with Crippen molar-refractivity contribution < 1.29 is 9.53 Å². The Hall–Kier alpha value is -1.37. The Morgan fingerprint density at radius 2 is 2.42 bits per heavy atom. The first-order valence-electron chi connectivity index (χ1n) is 6.46. The molecule has 0 bridgehead atoms. The van der Waals surface area contributed by atoms with Crippen LogP contribution in [0.2, 0.25) is 0 Å². The molecule has 1 aromatic rings. The zero-order valence-electron chi connectivity index (χ0n) is 11.0. The molecule has 0 saturated heterocycles. The first kappa shape index (κ1) is 14.0. The van der Waals surface area contributed by atoms with Crippen LogP contribution in [-0.4, -0.2) is 38.5 Å². The van der Waals surface area contributed by atoms with Gasteiger partial charge in [0.2, 0.25) is 5.16 Å². The van der Waals surface area contributed by atoms with Crippen LogP contribution in [0.1, 0.15) is 32.1 Å². The van der Waals surface area contributed by atoms with E-state index in [1.165, 1.54) is 31.1 Å². The Kier molecular flexibility index (Phi) is 5.38. The molecule has 6 nitrogen and oxygen atoms in total. The van der Waals surface area contributed by atoms with Crippen LogP contribution in [0.15, 0.2) is 17.3 Å². The fourth-order valence-electron chi connectivity index (χ4n) is 1.93. The lowest BCUT2D eigenvalue weighted by atomic mass is 10.1. The number of rotatable bonds is 4. The lowest BCUT2D eigenvalue weighted by Gasteiger charge is -2.13. The van der Waals surface area contributed by atoms with E-state index >= 15 is 0 Å². The molecule has 1 aliphatic rings. The lowest BCUT2D eigenvalue weighted by molar-refractivity contribution is -0.141. The normalized spacial score (nSPS) is 21.4. The Balaban J connectivity index is 1.99. The highest BCUT2D eigenvalue weighted by Gasteiger charge is 2.16. The molecule has 1 aliphatic carbocycles. The first-order valence-corrected chi connectivity index (χ1v) is 7.34. The van der Waals surface area contributed by atoms with Crippen molar-refractivity contribution in [1.82, 2.24) is 20.2 Å². The fourth-order valence-corrected chi connectivity index (χ4v) is 2.98. The summed E-state index contributed by atoms with van der Waals surface area (Å²) in [4.78, 5) is 11.3. The predicted molar refractivity (Wildman–Crippen MR) is 71.7 cm³/mol. The van der Waals surface area contributed by atoms with Crippen molar-refractivity contribution in [3.8, 4) is 0 Å². The summed E-state index contributed by atoms with van der Waals surface area (Å²) >= 11 is 1.61. The molecule has 1 aromatic heterocycles. The van der Waals surface area contributed by atoms with Gasteiger partial charge in [-0.25, -0.2) is 4.68 Å². The zero-order valence-corrected chi connectivity index (χ0v) is 11.8. The molecule has 19 heavy (non-hydrogen) atoms. The fraction of sp³-hybridized carbons (Fsp3) is 0.667. The quantitative estimate of drug-likeness (QED) is 0.620. The lowest BCUT2D eigenvalue weighted by Crippen LogP contribution is -2.14. The van der Waals surface area contributed by atoms with Crippen LogP contribution in [0.25, 0.3) is 0 Å². The van der Waals surface area contributed by atoms with Crippen LogP contribution in [0.5, 0.6) is 0 Å². The maximum atomic E-state index is 11.3. The molecule has 104 valence electrons. The van der Waals surface area contributed by atoms with E-state index in [4.69, 9.17) is 0 Å². The van der Waals surface area contributed by atoms with E-state index in [-0.39, 0.29) is 12.5 Å². The van der Waals surface area contributed by atoms with Crippen molar-refractivity contribution in [3.05, 3.63) is 12.2 Å². The molecule has 0 aromatic carbocycles. The molecule has 7 heteroatoms. The van der Waals surface area contributed by atoms with Crippen LogP contribution in [0, 0.1) is 0 Å². The molecular weight excluding hydrogens is 264 g/mol. The average molecular weight is 282 g/mol. The third-order valence-corrected chi connectivity index (χ3v) is 4.17. The maximum absolute atomic E-state index is 11.3. The molecular formula is C12H18N4O2S. The Bertz CT molecular complexity index is 447. The topological polar surface area (TPSA) is 69.9 Å². The summed E-state index contributed by atoms with van der Waals surface area (Å²) in [6, 6.07) is 0. The molecule has 0 aliphatic heterocycles. The van der Waals surface area contributed by atoms with Crippen LogP contribution < -0.4 is 0 Å². The SMILES string of the molecule is COC(=O)Cn1nnnc1SC1/C=C/CCCCC1. The molecule has 1 heterocycles. The smallest absolute Gasteiger partial charge is 0.327 e. The second-order valence-corrected chi connectivity index (χ2v) is 5.62. The number of carbonyl (C=O) groups is 1. The summed E-state index contributed by atoms with van der Waals surface area (Å²) in [7, 11) is 1.36. The van der Waals surface area contributed by atoms with Gasteiger partial charge in [0.1, 0.15) is 6.54 Å². The third-order valence-electron chi connectivity index (χ3n) is 2.97. The monoisotopic (exact) mass is 282 g/mol. The highest BCUT2D eigenvalue weighted by Crippen LogP contribution is 2.27. The molecule has 0 fully saturated rings. The molecule has 0 radical (unpaired) electrons. The highest BCUT2D eigenvalue weighted by atomic mass is 32.2. The number of tetrazole rings is 1. The second-order valence-electron chi connectivity index (χ2n) is 4.42. The van der Waals surface area contributed by atoms with Crippen LogP contribution in [0.4, 0.5) is 0 Å². The van der Waals surface area contributed by atoms with E-state index in [1.807, 2.05) is 0 Å². The van der Waals surface area contributed by atoms with Gasteiger partial charge in [0.25, 0.3) is 0 Å². The molecule has 0 saturated carbocycles. The van der Waals surface area contributed by atoms with Crippen LogP contribution in [0.3, 0.4) is 0 Å². The summed E-state index contributed by atoms with van der Waals surface area (Å²) in [6.45, 7) is 0.0578. The van der Waals surface area contributed by atoms with Crippen molar-refractivity contribution in [2.45, 2.75) is 49.1 Å². The summed E-state index contributed by atoms with van der Waals surface area (Å²) in [5.41, 5.74) is 0. The Labute approximate surface area is 116 Å². The molecule has 0 N–H and O–H groups in total. The molecule has 0 amide bonds. The average Bonchev–Trinajstić information content (AvgIpc) is 2.79. The van der Waals surface area contributed by atoms with Crippen molar-refractivity contribution in [2.75, 3.05) is 7.11 Å². The number of allylic oxidation sites excluding steroid dienone is 1. The standard InChI is InChI=1S/C12H18N4O2S/c1-18-11(17)9-16-12(13-14-15-16)19-10-7-5-3-2-4-6-8-10/h5,7,10H,2-4,6,8-9H2,1H3/b7-5+. The Morgan fingerprint density at radius 1 is 1.53 bits per heavy atom. The number of nitrogens with zero attached hydrogens (tertiary/aromatic N) is 4. The van der Waals surface area contributed by atoms with E-state index in [9.17, 15) is 4.79 Å². The first-order chi connectivity index (χ1) is 9.29. The minimum atomic E-state index is -0.345. The number of methoxy groups -OCH3 is 1. The minimum absolute atomic E-state index is 0.0578. The number of ether oxygens (including phenoxy) is 1. The van der Waals surface area contributed by atoms with Gasteiger partial charge in [0.05, 0.1) is 7.11 Å². The summed E-state index contributed by atoms with van der Waals surface area (Å²) in [6.07, 6.45) is 10.5. The zero-order chi connectivity index (χ0) is 13.5. The summed E-state index contributed by atoms with van der Waals surface area (Å²) in [5, 5.41) is 12.5. The molecule has 2 rings (SSSR count). The summed E-state index contributed by atoms with van der Waals surface area (Å²) in [5.74, 6) is -0.345. The van der Waals surface area contributed by atoms with Gasteiger partial charge in [-0.1, -0.05) is 36.8 Å². The number of esters is 1. The van der Waals surface area contributed by atoms with Crippen molar-refractivity contribution in [2.24, 2.45) is 0 Å². The van der Waals surface area contributed by atoms with Gasteiger partial charge in [-0.2, -0.15) is 0 Å².